The molecule has 18 heavy (non-hydrogen) atoms. The van der Waals surface area contributed by atoms with Crippen molar-refractivity contribution in [2.75, 3.05) is 6.61 Å². The number of nitrogens with zero attached hydrogens (tertiary/aromatic N) is 1. The largest absolute Gasteiger partial charge is 0.287 e. The molecule has 0 saturated heterocycles. The van der Waals surface area contributed by atoms with E-state index in [2.05, 4.69) is 0 Å². The molecule has 0 spiro atoms. The number of hydrogen-bond donors (Lipinski definition) is 1. The standard InChI is InChI=1S/C11H13ClN2O3S/c1-8(2)7-17-14-18(15,16)11-4-3-9(6-13)5-10(11)12/h3-5,8,14H,7H2,1-2H3. The highest BCUT2D eigenvalue weighted by Gasteiger charge is 2.18. The molecule has 98 valence electrons. The second kappa shape index (κ2) is 6.16. The maximum atomic E-state index is 11.8. The first-order valence-corrected chi connectivity index (χ1v) is 7.06. The predicted octanol–water partition coefficient (Wildman–Crippen LogP) is 2.08. The van der Waals surface area contributed by atoms with Gasteiger partial charge in [-0.3, -0.25) is 4.84 Å². The number of halogens is 1. The van der Waals surface area contributed by atoms with E-state index in [1.54, 1.807) is 0 Å². The molecule has 0 saturated carbocycles. The normalized spacial score (nSPS) is 11.5. The second-order valence-electron chi connectivity index (χ2n) is 4.05. The Balaban J connectivity index is 2.89. The van der Waals surface area contributed by atoms with E-state index in [0.29, 0.717) is 5.56 Å². The van der Waals surface area contributed by atoms with Crippen molar-refractivity contribution in [2.45, 2.75) is 18.7 Å². The molecule has 1 rings (SSSR count). The summed E-state index contributed by atoms with van der Waals surface area (Å²) in [5.74, 6) is 0.198. The molecule has 0 aliphatic rings. The second-order valence-corrected chi connectivity index (χ2v) is 6.07. The van der Waals surface area contributed by atoms with E-state index in [0.717, 1.165) is 0 Å². The first kappa shape index (κ1) is 14.9. The third-order valence-corrected chi connectivity index (χ3v) is 3.63. The van der Waals surface area contributed by atoms with Gasteiger partial charge in [-0.1, -0.05) is 30.3 Å². The van der Waals surface area contributed by atoms with Gasteiger partial charge >= 0.3 is 0 Å². The van der Waals surface area contributed by atoms with Crippen LogP contribution in [0.25, 0.3) is 0 Å². The lowest BCUT2D eigenvalue weighted by Gasteiger charge is -2.10. The molecule has 0 atom stereocenters. The van der Waals surface area contributed by atoms with Crippen LogP contribution in [0.5, 0.6) is 0 Å². The van der Waals surface area contributed by atoms with Crippen LogP contribution in [-0.2, 0) is 14.9 Å². The van der Waals surface area contributed by atoms with Gasteiger partial charge in [0.05, 0.1) is 23.3 Å². The van der Waals surface area contributed by atoms with E-state index in [-0.39, 0.29) is 22.4 Å². The van der Waals surface area contributed by atoms with Gasteiger partial charge in [-0.2, -0.15) is 5.26 Å². The minimum absolute atomic E-state index is 0.0188. The topological polar surface area (TPSA) is 79.2 Å². The number of sulfonamides is 1. The summed E-state index contributed by atoms with van der Waals surface area (Å²) in [5, 5.41) is 8.64. The predicted molar refractivity (Wildman–Crippen MR) is 67.3 cm³/mol. The monoisotopic (exact) mass is 288 g/mol. The average Bonchev–Trinajstić information content (AvgIpc) is 2.27. The summed E-state index contributed by atoms with van der Waals surface area (Å²) in [6.07, 6.45) is 0. The van der Waals surface area contributed by atoms with Gasteiger partial charge in [0.2, 0.25) is 0 Å². The van der Waals surface area contributed by atoms with E-state index in [9.17, 15) is 8.42 Å². The number of hydrogen-bond acceptors (Lipinski definition) is 4. The molecule has 0 heterocycles. The van der Waals surface area contributed by atoms with Crippen LogP contribution in [0.15, 0.2) is 23.1 Å². The molecule has 0 fully saturated rings. The van der Waals surface area contributed by atoms with Gasteiger partial charge < -0.3 is 0 Å². The molecule has 0 bridgehead atoms. The molecule has 1 aromatic rings. The highest BCUT2D eigenvalue weighted by atomic mass is 35.5. The number of nitriles is 1. The van der Waals surface area contributed by atoms with Gasteiger partial charge in [-0.15, -0.1) is 0 Å². The maximum absolute atomic E-state index is 11.8. The number of rotatable bonds is 5. The van der Waals surface area contributed by atoms with Gasteiger partial charge in [-0.05, 0) is 24.1 Å². The molecular weight excluding hydrogens is 276 g/mol. The highest BCUT2D eigenvalue weighted by molar-refractivity contribution is 7.89. The highest BCUT2D eigenvalue weighted by Crippen LogP contribution is 2.22. The van der Waals surface area contributed by atoms with Crippen LogP contribution in [0.3, 0.4) is 0 Å². The van der Waals surface area contributed by atoms with Crippen LogP contribution >= 0.6 is 11.6 Å². The number of benzene rings is 1. The van der Waals surface area contributed by atoms with Crippen molar-refractivity contribution >= 4 is 21.6 Å². The molecule has 0 aromatic heterocycles. The molecule has 0 amide bonds. The van der Waals surface area contributed by atoms with Crippen LogP contribution in [-0.4, -0.2) is 15.0 Å². The molecule has 5 nitrogen and oxygen atoms in total. The molecule has 1 N–H and O–H groups in total. The smallest absolute Gasteiger partial charge is 0.263 e. The van der Waals surface area contributed by atoms with E-state index in [1.807, 2.05) is 24.8 Å². The Morgan fingerprint density at radius 3 is 2.67 bits per heavy atom. The van der Waals surface area contributed by atoms with E-state index in [1.165, 1.54) is 18.2 Å². The Morgan fingerprint density at radius 1 is 1.50 bits per heavy atom. The maximum Gasteiger partial charge on any atom is 0.263 e. The Kier molecular flexibility index (Phi) is 5.11. The molecule has 0 unspecified atom stereocenters. The zero-order valence-electron chi connectivity index (χ0n) is 9.97. The lowest BCUT2D eigenvalue weighted by Crippen LogP contribution is -2.26. The third-order valence-electron chi connectivity index (χ3n) is 1.94. The van der Waals surface area contributed by atoms with Gasteiger partial charge in [-0.25, -0.2) is 8.42 Å². The lowest BCUT2D eigenvalue weighted by atomic mass is 10.2. The Bertz CT molecular complexity index is 564. The molecular formula is C11H13ClN2O3S. The van der Waals surface area contributed by atoms with Gasteiger partial charge in [0.1, 0.15) is 4.90 Å². The van der Waals surface area contributed by atoms with E-state index < -0.39 is 10.0 Å². The molecule has 0 radical (unpaired) electrons. The average molecular weight is 289 g/mol. The summed E-state index contributed by atoms with van der Waals surface area (Å²) in [6, 6.07) is 5.81. The summed E-state index contributed by atoms with van der Waals surface area (Å²) in [4.78, 5) is 6.74. The third kappa shape index (κ3) is 3.96. The first-order valence-electron chi connectivity index (χ1n) is 5.20. The zero-order chi connectivity index (χ0) is 13.8. The summed E-state index contributed by atoms with van der Waals surface area (Å²) in [5.41, 5.74) is 0.294. The summed E-state index contributed by atoms with van der Waals surface area (Å²) in [7, 11) is -3.83. The van der Waals surface area contributed by atoms with Crippen molar-refractivity contribution < 1.29 is 13.3 Å². The van der Waals surface area contributed by atoms with Gasteiger partial charge in [0.15, 0.2) is 0 Å². The van der Waals surface area contributed by atoms with Crippen molar-refractivity contribution in [1.82, 2.24) is 4.89 Å². The molecule has 7 heteroatoms. The molecule has 0 aliphatic heterocycles. The molecule has 1 aromatic carbocycles. The quantitative estimate of drug-likeness (QED) is 0.841. The van der Waals surface area contributed by atoms with E-state index in [4.69, 9.17) is 21.7 Å². The fourth-order valence-electron chi connectivity index (χ4n) is 1.11. The van der Waals surface area contributed by atoms with Crippen molar-refractivity contribution in [3.63, 3.8) is 0 Å². The fourth-order valence-corrected chi connectivity index (χ4v) is 2.47. The van der Waals surface area contributed by atoms with Crippen LogP contribution < -0.4 is 4.89 Å². The summed E-state index contributed by atoms with van der Waals surface area (Å²) >= 11 is 5.81. The molecule has 0 aliphatic carbocycles. The SMILES string of the molecule is CC(C)CONS(=O)(=O)c1ccc(C#N)cc1Cl. The number of nitrogens with one attached hydrogen (secondary N) is 1. The minimum atomic E-state index is -3.83. The van der Waals surface area contributed by atoms with Gasteiger partial charge in [0, 0.05) is 0 Å². The van der Waals surface area contributed by atoms with Gasteiger partial charge in [0.25, 0.3) is 10.0 Å². The summed E-state index contributed by atoms with van der Waals surface area (Å²) < 4.78 is 23.7. The Labute approximate surface area is 111 Å². The van der Waals surface area contributed by atoms with Crippen LogP contribution in [0.4, 0.5) is 0 Å². The first-order chi connectivity index (χ1) is 8.36. The minimum Gasteiger partial charge on any atom is -0.287 e. The van der Waals surface area contributed by atoms with Crippen LogP contribution in [0, 0.1) is 17.2 Å². The lowest BCUT2D eigenvalue weighted by molar-refractivity contribution is 0.0719. The van der Waals surface area contributed by atoms with Crippen LogP contribution in [0.2, 0.25) is 5.02 Å². The van der Waals surface area contributed by atoms with E-state index >= 15 is 0 Å². The van der Waals surface area contributed by atoms with Crippen LogP contribution in [0.1, 0.15) is 19.4 Å². The van der Waals surface area contributed by atoms with Crippen molar-refractivity contribution in [1.29, 1.82) is 5.26 Å². The fraction of sp³-hybridized carbons (Fsp3) is 0.364. The Hall–Kier alpha value is -1.13. The zero-order valence-corrected chi connectivity index (χ0v) is 11.5. The van der Waals surface area contributed by atoms with Crippen molar-refractivity contribution in [3.05, 3.63) is 28.8 Å². The Morgan fingerprint density at radius 2 is 2.17 bits per heavy atom. The summed E-state index contributed by atoms with van der Waals surface area (Å²) in [6.45, 7) is 4.04. The van der Waals surface area contributed by atoms with Crippen molar-refractivity contribution in [2.24, 2.45) is 5.92 Å². The van der Waals surface area contributed by atoms with Crippen molar-refractivity contribution in [3.8, 4) is 6.07 Å².